The van der Waals surface area contributed by atoms with Crippen LogP contribution in [0.5, 0.6) is 5.75 Å². The third-order valence-electron chi connectivity index (χ3n) is 3.18. The average Bonchev–Trinajstić information content (AvgIpc) is 2.39. The largest absolute Gasteiger partial charge is 0.495 e. The minimum atomic E-state index is -0.112. The Labute approximate surface area is 107 Å². The lowest BCUT2D eigenvalue weighted by atomic mass is 9.96. The molecule has 1 heterocycles. The Balaban J connectivity index is 2.12. The van der Waals surface area contributed by atoms with Gasteiger partial charge in [-0.05, 0) is 37.0 Å². The summed E-state index contributed by atoms with van der Waals surface area (Å²) in [6.07, 6.45) is 3.44. The van der Waals surface area contributed by atoms with Gasteiger partial charge in [0.05, 0.1) is 24.3 Å². The van der Waals surface area contributed by atoms with Gasteiger partial charge in [-0.2, -0.15) is 0 Å². The fraction of sp³-hybridized carbons (Fsp3) is 0.538. The SMILES string of the molecule is COc1ccc(C(N)C2CCCCO2)cc1Cl. The summed E-state index contributed by atoms with van der Waals surface area (Å²) < 4.78 is 10.8. The van der Waals surface area contributed by atoms with Gasteiger partial charge < -0.3 is 15.2 Å². The monoisotopic (exact) mass is 255 g/mol. The van der Waals surface area contributed by atoms with E-state index in [1.807, 2.05) is 18.2 Å². The van der Waals surface area contributed by atoms with Crippen molar-refractivity contribution in [3.8, 4) is 5.75 Å². The van der Waals surface area contributed by atoms with Crippen molar-refractivity contribution in [2.45, 2.75) is 31.4 Å². The quantitative estimate of drug-likeness (QED) is 0.903. The number of hydrogen-bond acceptors (Lipinski definition) is 3. The van der Waals surface area contributed by atoms with Crippen LogP contribution in [-0.2, 0) is 4.74 Å². The Kier molecular flexibility index (Phi) is 4.26. The summed E-state index contributed by atoms with van der Waals surface area (Å²) >= 11 is 6.09. The molecular formula is C13H18ClNO2. The number of ether oxygens (including phenoxy) is 2. The van der Waals surface area contributed by atoms with E-state index < -0.39 is 0 Å². The fourth-order valence-corrected chi connectivity index (χ4v) is 2.42. The summed E-state index contributed by atoms with van der Waals surface area (Å²) in [5, 5.41) is 0.594. The highest BCUT2D eigenvalue weighted by Crippen LogP contribution is 2.30. The Morgan fingerprint density at radius 3 is 2.88 bits per heavy atom. The van der Waals surface area contributed by atoms with Crippen LogP contribution in [0.15, 0.2) is 18.2 Å². The number of rotatable bonds is 3. The van der Waals surface area contributed by atoms with Gasteiger partial charge in [0.1, 0.15) is 5.75 Å². The molecule has 0 radical (unpaired) electrons. The summed E-state index contributed by atoms with van der Waals surface area (Å²) in [5.74, 6) is 0.673. The van der Waals surface area contributed by atoms with Crippen molar-refractivity contribution in [2.75, 3.05) is 13.7 Å². The second-order valence-corrected chi connectivity index (χ2v) is 4.73. The van der Waals surface area contributed by atoms with Gasteiger partial charge in [0.2, 0.25) is 0 Å². The van der Waals surface area contributed by atoms with E-state index in [2.05, 4.69) is 0 Å². The van der Waals surface area contributed by atoms with Gasteiger partial charge in [0.15, 0.2) is 0 Å². The molecule has 4 heteroatoms. The van der Waals surface area contributed by atoms with Crippen LogP contribution in [0.4, 0.5) is 0 Å². The number of benzene rings is 1. The lowest BCUT2D eigenvalue weighted by Crippen LogP contribution is -2.31. The van der Waals surface area contributed by atoms with Gasteiger partial charge in [0, 0.05) is 6.61 Å². The molecule has 2 atom stereocenters. The zero-order valence-electron chi connectivity index (χ0n) is 9.99. The van der Waals surface area contributed by atoms with Gasteiger partial charge in [-0.25, -0.2) is 0 Å². The highest BCUT2D eigenvalue weighted by Gasteiger charge is 2.23. The van der Waals surface area contributed by atoms with Gasteiger partial charge in [-0.15, -0.1) is 0 Å². The lowest BCUT2D eigenvalue weighted by Gasteiger charge is -2.28. The summed E-state index contributed by atoms with van der Waals surface area (Å²) in [7, 11) is 1.60. The molecule has 1 aromatic rings. The average molecular weight is 256 g/mol. The first kappa shape index (κ1) is 12.7. The molecule has 0 saturated carbocycles. The molecular weight excluding hydrogens is 238 g/mol. The molecule has 0 amide bonds. The van der Waals surface area contributed by atoms with E-state index in [1.54, 1.807) is 7.11 Å². The molecule has 0 aliphatic carbocycles. The second-order valence-electron chi connectivity index (χ2n) is 4.32. The van der Waals surface area contributed by atoms with Crippen LogP contribution < -0.4 is 10.5 Å². The standard InChI is InChI=1S/C13H18ClNO2/c1-16-11-6-5-9(8-10(11)14)13(15)12-4-2-3-7-17-12/h5-6,8,12-13H,2-4,7,15H2,1H3. The summed E-state index contributed by atoms with van der Waals surface area (Å²) in [6.45, 7) is 0.808. The summed E-state index contributed by atoms with van der Waals surface area (Å²) in [4.78, 5) is 0. The maximum atomic E-state index is 6.21. The maximum absolute atomic E-state index is 6.21. The molecule has 0 bridgehead atoms. The molecule has 0 aromatic heterocycles. The van der Waals surface area contributed by atoms with Crippen molar-refractivity contribution in [3.05, 3.63) is 28.8 Å². The minimum Gasteiger partial charge on any atom is -0.495 e. The predicted molar refractivity (Wildman–Crippen MR) is 68.5 cm³/mol. The summed E-state index contributed by atoms with van der Waals surface area (Å²) in [6, 6.07) is 5.55. The van der Waals surface area contributed by atoms with Crippen LogP contribution in [-0.4, -0.2) is 19.8 Å². The van der Waals surface area contributed by atoms with Gasteiger partial charge >= 0.3 is 0 Å². The molecule has 2 rings (SSSR count). The highest BCUT2D eigenvalue weighted by atomic mass is 35.5. The summed E-state index contributed by atoms with van der Waals surface area (Å²) in [5.41, 5.74) is 7.21. The fourth-order valence-electron chi connectivity index (χ4n) is 2.15. The number of halogens is 1. The van der Waals surface area contributed by atoms with E-state index in [9.17, 15) is 0 Å². The molecule has 3 nitrogen and oxygen atoms in total. The van der Waals surface area contributed by atoms with E-state index in [0.29, 0.717) is 10.8 Å². The molecule has 1 aliphatic heterocycles. The van der Waals surface area contributed by atoms with Gasteiger partial charge in [-0.3, -0.25) is 0 Å². The van der Waals surface area contributed by atoms with Gasteiger partial charge in [-0.1, -0.05) is 17.7 Å². The van der Waals surface area contributed by atoms with Crippen molar-refractivity contribution >= 4 is 11.6 Å². The number of nitrogens with two attached hydrogens (primary N) is 1. The van der Waals surface area contributed by atoms with Crippen molar-refractivity contribution in [1.82, 2.24) is 0 Å². The first-order chi connectivity index (χ1) is 8.22. The molecule has 94 valence electrons. The lowest BCUT2D eigenvalue weighted by molar-refractivity contribution is 0.00000779. The van der Waals surface area contributed by atoms with E-state index >= 15 is 0 Å². The van der Waals surface area contributed by atoms with Crippen LogP contribution in [0.1, 0.15) is 30.9 Å². The predicted octanol–water partition coefficient (Wildman–Crippen LogP) is 2.92. The normalized spacial score (nSPS) is 22.2. The van der Waals surface area contributed by atoms with Crippen LogP contribution in [0.25, 0.3) is 0 Å². The van der Waals surface area contributed by atoms with E-state index in [0.717, 1.165) is 25.0 Å². The molecule has 1 fully saturated rings. The van der Waals surface area contributed by atoms with Crippen molar-refractivity contribution in [1.29, 1.82) is 0 Å². The minimum absolute atomic E-state index is 0.105. The van der Waals surface area contributed by atoms with E-state index in [1.165, 1.54) is 6.42 Å². The van der Waals surface area contributed by atoms with Crippen molar-refractivity contribution in [2.24, 2.45) is 5.73 Å². The third-order valence-corrected chi connectivity index (χ3v) is 3.47. The second kappa shape index (κ2) is 5.71. The first-order valence-corrected chi connectivity index (χ1v) is 6.31. The highest BCUT2D eigenvalue weighted by molar-refractivity contribution is 6.32. The molecule has 1 saturated heterocycles. The zero-order chi connectivity index (χ0) is 12.3. The first-order valence-electron chi connectivity index (χ1n) is 5.93. The van der Waals surface area contributed by atoms with Crippen molar-refractivity contribution < 1.29 is 9.47 Å². The van der Waals surface area contributed by atoms with Gasteiger partial charge in [0.25, 0.3) is 0 Å². The molecule has 0 spiro atoms. The molecule has 17 heavy (non-hydrogen) atoms. The van der Waals surface area contributed by atoms with Crippen molar-refractivity contribution in [3.63, 3.8) is 0 Å². The van der Waals surface area contributed by atoms with E-state index in [4.69, 9.17) is 26.8 Å². The molecule has 1 aromatic carbocycles. The number of hydrogen-bond donors (Lipinski definition) is 1. The third kappa shape index (κ3) is 2.92. The molecule has 2 unspecified atom stereocenters. The van der Waals surface area contributed by atoms with Crippen LogP contribution in [0.2, 0.25) is 5.02 Å². The smallest absolute Gasteiger partial charge is 0.137 e. The Hall–Kier alpha value is -0.770. The maximum Gasteiger partial charge on any atom is 0.137 e. The van der Waals surface area contributed by atoms with Crippen LogP contribution >= 0.6 is 11.6 Å². The Morgan fingerprint density at radius 2 is 2.29 bits per heavy atom. The number of methoxy groups -OCH3 is 1. The Morgan fingerprint density at radius 1 is 1.47 bits per heavy atom. The zero-order valence-corrected chi connectivity index (χ0v) is 10.7. The molecule has 2 N–H and O–H groups in total. The van der Waals surface area contributed by atoms with Crippen LogP contribution in [0.3, 0.4) is 0 Å². The topological polar surface area (TPSA) is 44.5 Å². The Bertz CT molecular complexity index is 378. The molecule has 1 aliphatic rings. The van der Waals surface area contributed by atoms with Crippen LogP contribution in [0, 0.1) is 0 Å². The van der Waals surface area contributed by atoms with E-state index in [-0.39, 0.29) is 12.1 Å².